The molecule has 0 spiro atoms. The van der Waals surface area contributed by atoms with Gasteiger partial charge in [0, 0.05) is 24.4 Å². The predicted molar refractivity (Wildman–Crippen MR) is 133 cm³/mol. The third kappa shape index (κ3) is 7.01. The molecule has 8 nitrogen and oxygen atoms in total. The summed E-state index contributed by atoms with van der Waals surface area (Å²) < 4.78 is 40.8. The Morgan fingerprint density at radius 1 is 1.11 bits per heavy atom. The minimum Gasteiger partial charge on any atom is -0.369 e. The summed E-state index contributed by atoms with van der Waals surface area (Å²) >= 11 is 0. The van der Waals surface area contributed by atoms with Crippen molar-refractivity contribution in [3.63, 3.8) is 0 Å². The van der Waals surface area contributed by atoms with Gasteiger partial charge in [-0.2, -0.15) is 13.2 Å². The molecule has 0 atom stereocenters. The molecule has 1 radical (unpaired) electrons. The van der Waals surface area contributed by atoms with Crippen molar-refractivity contribution in [1.29, 1.82) is 0 Å². The van der Waals surface area contributed by atoms with E-state index in [9.17, 15) is 22.8 Å². The summed E-state index contributed by atoms with van der Waals surface area (Å²) in [6.07, 6.45) is 1.24. The molecular formula is C26H23BF3N6O2. The molecule has 1 aromatic carbocycles. The van der Waals surface area contributed by atoms with Gasteiger partial charge in [0.2, 0.25) is 5.91 Å². The Labute approximate surface area is 218 Å². The maximum atomic E-state index is 13.6. The normalized spacial score (nSPS) is 14.4. The molecular weight excluding hydrogens is 496 g/mol. The SMILES string of the molecule is NC(=O)Cc1cncnc1C#Cc1nc(Cc2ccc(C3CCN([B]C=O)CC3)cc2)ncc1C(F)(F)F. The number of rotatable bonds is 7. The van der Waals surface area contributed by atoms with Gasteiger partial charge in [0.15, 0.2) is 0 Å². The lowest BCUT2D eigenvalue weighted by Crippen LogP contribution is -2.36. The summed E-state index contributed by atoms with van der Waals surface area (Å²) in [4.78, 5) is 39.7. The van der Waals surface area contributed by atoms with Crippen LogP contribution in [0.4, 0.5) is 13.2 Å². The Kier molecular flexibility index (Phi) is 8.48. The number of halogens is 3. The molecule has 12 heteroatoms. The average Bonchev–Trinajstić information content (AvgIpc) is 2.88. The first-order chi connectivity index (χ1) is 18.2. The average molecular weight is 519 g/mol. The van der Waals surface area contributed by atoms with Crippen LogP contribution in [-0.2, 0) is 28.6 Å². The molecule has 1 saturated heterocycles. The maximum absolute atomic E-state index is 13.6. The number of primary amides is 1. The van der Waals surface area contributed by atoms with E-state index >= 15 is 0 Å². The van der Waals surface area contributed by atoms with Gasteiger partial charge in [-0.3, -0.25) is 4.79 Å². The van der Waals surface area contributed by atoms with Gasteiger partial charge < -0.3 is 15.3 Å². The first-order valence-corrected chi connectivity index (χ1v) is 11.9. The Balaban J connectivity index is 1.53. The number of hydrogen-bond acceptors (Lipinski definition) is 7. The van der Waals surface area contributed by atoms with Crippen LogP contribution in [0.25, 0.3) is 0 Å². The molecule has 2 aromatic heterocycles. The third-order valence-corrected chi connectivity index (χ3v) is 6.21. The molecule has 1 amide bonds. The van der Waals surface area contributed by atoms with Crippen LogP contribution in [0.15, 0.2) is 43.0 Å². The highest BCUT2D eigenvalue weighted by Gasteiger charge is 2.34. The minimum absolute atomic E-state index is 0.0950. The van der Waals surface area contributed by atoms with Gasteiger partial charge in [0.05, 0.1) is 12.6 Å². The van der Waals surface area contributed by atoms with E-state index in [1.165, 1.54) is 18.1 Å². The zero-order valence-corrected chi connectivity index (χ0v) is 20.3. The smallest absolute Gasteiger partial charge is 0.369 e. The molecule has 1 aliphatic heterocycles. The summed E-state index contributed by atoms with van der Waals surface area (Å²) in [5.41, 5.74) is 6.10. The number of aromatic nitrogens is 4. The van der Waals surface area contributed by atoms with E-state index in [0.717, 1.165) is 43.9 Å². The summed E-state index contributed by atoms with van der Waals surface area (Å²) in [7, 11) is 1.57. The Morgan fingerprint density at radius 2 is 1.82 bits per heavy atom. The van der Waals surface area contributed by atoms with E-state index in [1.54, 1.807) is 7.41 Å². The lowest BCUT2D eigenvalue weighted by Gasteiger charge is -2.30. The van der Waals surface area contributed by atoms with Gasteiger partial charge in [-0.15, -0.1) is 0 Å². The second kappa shape index (κ2) is 12.0. The number of hydrogen-bond donors (Lipinski definition) is 1. The second-order valence-corrected chi connectivity index (χ2v) is 8.85. The van der Waals surface area contributed by atoms with E-state index in [1.807, 2.05) is 29.1 Å². The number of alkyl halides is 3. The van der Waals surface area contributed by atoms with Crippen molar-refractivity contribution >= 4 is 19.5 Å². The minimum atomic E-state index is -4.70. The highest BCUT2D eigenvalue weighted by atomic mass is 19.4. The quantitative estimate of drug-likeness (QED) is 0.290. The van der Waals surface area contributed by atoms with Crippen molar-refractivity contribution in [3.05, 3.63) is 82.5 Å². The first-order valence-electron chi connectivity index (χ1n) is 11.9. The number of nitrogens with zero attached hydrogens (tertiary/aromatic N) is 5. The third-order valence-electron chi connectivity index (χ3n) is 6.21. The molecule has 1 fully saturated rings. The molecule has 38 heavy (non-hydrogen) atoms. The highest BCUT2D eigenvalue weighted by Crippen LogP contribution is 2.31. The summed E-state index contributed by atoms with van der Waals surface area (Å²) in [6, 6.07) is 7.86. The topological polar surface area (TPSA) is 115 Å². The van der Waals surface area contributed by atoms with Crippen molar-refractivity contribution in [2.75, 3.05) is 13.1 Å². The molecule has 4 rings (SSSR count). The van der Waals surface area contributed by atoms with Gasteiger partial charge in [-0.25, -0.2) is 19.9 Å². The number of benzene rings is 1. The summed E-state index contributed by atoms with van der Waals surface area (Å²) in [5.74, 6) is 4.94. The van der Waals surface area contributed by atoms with Crippen molar-refractivity contribution in [1.82, 2.24) is 24.7 Å². The highest BCUT2D eigenvalue weighted by molar-refractivity contribution is 6.64. The summed E-state index contributed by atoms with van der Waals surface area (Å²) in [6.45, 7) is 1.63. The Bertz CT molecular complexity index is 1360. The summed E-state index contributed by atoms with van der Waals surface area (Å²) in [5, 5.41) is 0. The van der Waals surface area contributed by atoms with Crippen molar-refractivity contribution in [2.45, 2.75) is 37.8 Å². The van der Waals surface area contributed by atoms with Crippen LogP contribution in [0.1, 0.15) is 58.2 Å². The maximum Gasteiger partial charge on any atom is 0.420 e. The molecule has 3 heterocycles. The van der Waals surface area contributed by atoms with E-state index in [4.69, 9.17) is 5.73 Å². The number of piperidine rings is 1. The van der Waals surface area contributed by atoms with Crippen LogP contribution in [-0.4, -0.2) is 57.3 Å². The zero-order valence-electron chi connectivity index (χ0n) is 20.3. The van der Waals surface area contributed by atoms with Crippen molar-refractivity contribution in [3.8, 4) is 11.8 Å². The fourth-order valence-electron chi connectivity index (χ4n) is 4.27. The standard InChI is InChI=1S/C26H23BF3N6O2/c28-26(29,30)21-14-33-25(35-23(21)6-5-22-20(12-24(31)38)13-32-16-34-22)11-17-1-3-18(4-2-17)19-7-9-36(10-8-19)27-15-37/h1-4,13-16,19H,7-12H2,(H2,31,38). The molecule has 2 N–H and O–H groups in total. The van der Waals surface area contributed by atoms with Gasteiger partial charge >= 0.3 is 6.18 Å². The first kappa shape index (κ1) is 26.9. The molecule has 3 aromatic rings. The van der Waals surface area contributed by atoms with Crippen molar-refractivity contribution in [2.24, 2.45) is 5.73 Å². The fourth-order valence-corrected chi connectivity index (χ4v) is 4.27. The number of nitrogens with two attached hydrogens (primary N) is 1. The Morgan fingerprint density at radius 3 is 2.47 bits per heavy atom. The van der Waals surface area contributed by atoms with E-state index < -0.39 is 23.3 Å². The second-order valence-electron chi connectivity index (χ2n) is 8.85. The van der Waals surface area contributed by atoms with E-state index in [-0.39, 0.29) is 24.4 Å². The number of carbonyl (C=O) groups excluding carboxylic acids is 2. The van der Waals surface area contributed by atoms with Crippen LogP contribution >= 0.6 is 0 Å². The lowest BCUT2D eigenvalue weighted by molar-refractivity contribution is -0.138. The largest absolute Gasteiger partial charge is 0.420 e. The predicted octanol–water partition coefficient (Wildman–Crippen LogP) is 2.29. The molecule has 193 valence electrons. The monoisotopic (exact) mass is 519 g/mol. The van der Waals surface area contributed by atoms with Gasteiger partial charge in [-0.05, 0) is 54.8 Å². The van der Waals surface area contributed by atoms with Gasteiger partial charge in [-0.1, -0.05) is 24.3 Å². The van der Waals surface area contributed by atoms with Crippen LogP contribution < -0.4 is 5.73 Å². The van der Waals surface area contributed by atoms with Crippen molar-refractivity contribution < 1.29 is 22.8 Å². The van der Waals surface area contributed by atoms with Crippen LogP contribution in [0, 0.1) is 11.8 Å². The molecule has 0 saturated carbocycles. The molecule has 0 unspecified atom stereocenters. The van der Waals surface area contributed by atoms with Crippen LogP contribution in [0.2, 0.25) is 0 Å². The fraction of sp³-hybridized carbons (Fsp3) is 0.308. The molecule has 1 aliphatic rings. The van der Waals surface area contributed by atoms with Gasteiger partial charge in [0.25, 0.3) is 7.41 Å². The van der Waals surface area contributed by atoms with Crippen LogP contribution in [0.3, 0.4) is 0 Å². The Hall–Kier alpha value is -4.11. The van der Waals surface area contributed by atoms with E-state index in [2.05, 4.69) is 31.8 Å². The molecule has 0 bridgehead atoms. The number of amides is 1. The lowest BCUT2D eigenvalue weighted by atomic mass is 9.84. The molecule has 0 aliphatic carbocycles. The van der Waals surface area contributed by atoms with E-state index in [0.29, 0.717) is 11.5 Å². The van der Waals surface area contributed by atoms with Crippen LogP contribution in [0.5, 0.6) is 0 Å². The number of carbonyl (C=O) groups is 2. The zero-order chi connectivity index (χ0) is 27.1. The van der Waals surface area contributed by atoms with Gasteiger partial charge in [0.1, 0.15) is 29.1 Å².